The van der Waals surface area contributed by atoms with Gasteiger partial charge < -0.3 is 9.47 Å². The van der Waals surface area contributed by atoms with E-state index in [2.05, 4.69) is 4.74 Å². The molecule has 1 aliphatic heterocycles. The summed E-state index contributed by atoms with van der Waals surface area (Å²) in [6, 6.07) is 6.98. The van der Waals surface area contributed by atoms with Crippen LogP contribution in [-0.4, -0.2) is 6.61 Å². The Morgan fingerprint density at radius 1 is 0.711 bits per heavy atom. The summed E-state index contributed by atoms with van der Waals surface area (Å²) in [5, 5.41) is 0. The summed E-state index contributed by atoms with van der Waals surface area (Å²) in [6.45, 7) is 4.19. The Morgan fingerprint density at radius 2 is 1.29 bits per heavy atom. The van der Waals surface area contributed by atoms with Crippen LogP contribution in [0, 0.1) is 37.1 Å². The number of hydrogen-bond donors (Lipinski definition) is 0. The van der Waals surface area contributed by atoms with Gasteiger partial charge in [-0.3, -0.25) is 0 Å². The molecule has 0 spiro atoms. The van der Waals surface area contributed by atoms with Gasteiger partial charge in [-0.25, -0.2) is 17.6 Å². The Hall–Kier alpha value is -3.21. The Labute approximate surface area is 212 Å². The fourth-order valence-corrected chi connectivity index (χ4v) is 4.43. The molecule has 1 fully saturated rings. The van der Waals surface area contributed by atoms with Crippen LogP contribution in [0.3, 0.4) is 0 Å². The molecule has 2 nitrogen and oxygen atoms in total. The van der Waals surface area contributed by atoms with E-state index in [4.69, 9.17) is 4.74 Å². The second kappa shape index (κ2) is 10.2. The molecule has 38 heavy (non-hydrogen) atoms. The van der Waals surface area contributed by atoms with Crippen LogP contribution in [0.5, 0.6) is 5.75 Å². The van der Waals surface area contributed by atoms with Gasteiger partial charge in [0.1, 0.15) is 40.1 Å². The normalized spacial score (nSPS) is 18.5. The number of rotatable bonds is 5. The van der Waals surface area contributed by atoms with E-state index < -0.39 is 58.5 Å². The zero-order chi connectivity index (χ0) is 28.0. The van der Waals surface area contributed by atoms with Gasteiger partial charge in [0.2, 0.25) is 0 Å². The molecule has 0 amide bonds. The quantitative estimate of drug-likeness (QED) is 0.297. The highest BCUT2D eigenvalue weighted by Gasteiger charge is 2.43. The summed E-state index contributed by atoms with van der Waals surface area (Å²) < 4.78 is 134. The van der Waals surface area contributed by atoms with Crippen molar-refractivity contribution < 1.29 is 49.0 Å². The van der Waals surface area contributed by atoms with E-state index in [1.165, 1.54) is 0 Å². The zero-order valence-electron chi connectivity index (χ0n) is 20.0. The van der Waals surface area contributed by atoms with Crippen molar-refractivity contribution in [2.45, 2.75) is 51.0 Å². The Morgan fingerprint density at radius 3 is 1.79 bits per heavy atom. The van der Waals surface area contributed by atoms with Crippen molar-refractivity contribution >= 4 is 0 Å². The lowest BCUT2D eigenvalue weighted by Crippen LogP contribution is -2.26. The molecule has 3 aromatic rings. The first-order valence-corrected chi connectivity index (χ1v) is 11.5. The van der Waals surface area contributed by atoms with E-state index in [-0.39, 0.29) is 30.2 Å². The summed E-state index contributed by atoms with van der Waals surface area (Å²) in [6.07, 6.45) is -10.1. The van der Waals surface area contributed by atoms with Gasteiger partial charge in [0.05, 0.1) is 12.7 Å². The van der Waals surface area contributed by atoms with E-state index in [1.54, 1.807) is 0 Å². The first-order chi connectivity index (χ1) is 17.7. The molecule has 0 aromatic heterocycles. The van der Waals surface area contributed by atoms with Crippen molar-refractivity contribution in [3.05, 3.63) is 99.1 Å². The van der Waals surface area contributed by atoms with Crippen LogP contribution in [-0.2, 0) is 17.0 Å². The summed E-state index contributed by atoms with van der Waals surface area (Å²) in [4.78, 5) is 0. The topological polar surface area (TPSA) is 18.5 Å². The van der Waals surface area contributed by atoms with Gasteiger partial charge >= 0.3 is 12.3 Å². The first kappa shape index (κ1) is 27.8. The maximum absolute atomic E-state index is 14.7. The third-order valence-corrected chi connectivity index (χ3v) is 6.55. The monoisotopic (exact) mass is 548 g/mol. The first-order valence-electron chi connectivity index (χ1n) is 11.5. The molecule has 1 saturated heterocycles. The van der Waals surface area contributed by atoms with Crippen molar-refractivity contribution in [2.24, 2.45) is 0 Å². The van der Waals surface area contributed by atoms with E-state index >= 15 is 0 Å². The van der Waals surface area contributed by atoms with Crippen LogP contribution in [0.2, 0.25) is 0 Å². The third kappa shape index (κ3) is 5.62. The second-order valence-corrected chi connectivity index (χ2v) is 9.18. The van der Waals surface area contributed by atoms with Crippen LogP contribution < -0.4 is 4.74 Å². The molecular weight excluding hydrogens is 527 g/mol. The summed E-state index contributed by atoms with van der Waals surface area (Å²) in [7, 11) is 0. The Kier molecular flexibility index (Phi) is 7.44. The average Bonchev–Trinajstić information content (AvgIpc) is 2.78. The van der Waals surface area contributed by atoms with Crippen LogP contribution in [0.15, 0.2) is 42.5 Å². The van der Waals surface area contributed by atoms with Crippen molar-refractivity contribution in [1.29, 1.82) is 0 Å². The minimum absolute atomic E-state index is 0.0373. The van der Waals surface area contributed by atoms with Crippen LogP contribution in [0.25, 0.3) is 0 Å². The minimum Gasteiger partial charge on any atom is -0.429 e. The van der Waals surface area contributed by atoms with Crippen molar-refractivity contribution in [2.75, 3.05) is 6.61 Å². The molecule has 0 saturated carbocycles. The Balaban J connectivity index is 1.52. The lowest BCUT2D eigenvalue weighted by molar-refractivity contribution is -0.189. The van der Waals surface area contributed by atoms with Gasteiger partial charge in [0.25, 0.3) is 0 Å². The predicted molar refractivity (Wildman–Crippen MR) is 119 cm³/mol. The van der Waals surface area contributed by atoms with Crippen LogP contribution in [0.4, 0.5) is 39.5 Å². The molecule has 0 bridgehead atoms. The highest BCUT2D eigenvalue weighted by molar-refractivity contribution is 5.36. The maximum Gasteiger partial charge on any atom is 0.432 e. The fourth-order valence-electron chi connectivity index (χ4n) is 4.43. The molecule has 0 aliphatic carbocycles. The lowest BCUT2D eigenvalue weighted by Gasteiger charge is -2.30. The fraction of sp³-hybridized carbons (Fsp3) is 0.333. The number of aryl methyl sites for hydroxylation is 2. The number of benzene rings is 3. The molecule has 204 valence electrons. The van der Waals surface area contributed by atoms with E-state index in [1.807, 2.05) is 32.0 Å². The molecule has 11 heteroatoms. The highest BCUT2D eigenvalue weighted by atomic mass is 19.4. The van der Waals surface area contributed by atoms with Crippen molar-refractivity contribution in [3.63, 3.8) is 0 Å². The van der Waals surface area contributed by atoms with Gasteiger partial charge in [-0.1, -0.05) is 18.2 Å². The van der Waals surface area contributed by atoms with Gasteiger partial charge in [-0.05, 0) is 61.1 Å². The Bertz CT molecular complexity index is 1300. The molecule has 3 aromatic carbocycles. The van der Waals surface area contributed by atoms with Crippen molar-refractivity contribution in [1.82, 2.24) is 0 Å². The molecule has 2 atom stereocenters. The molecule has 0 N–H and O–H groups in total. The van der Waals surface area contributed by atoms with E-state index in [9.17, 15) is 39.5 Å². The van der Waals surface area contributed by atoms with Crippen LogP contribution in [0.1, 0.15) is 58.2 Å². The number of halogens is 9. The van der Waals surface area contributed by atoms with Crippen molar-refractivity contribution in [3.8, 4) is 5.75 Å². The summed E-state index contributed by atoms with van der Waals surface area (Å²) in [5.41, 5.74) is -0.942. The average molecular weight is 548 g/mol. The highest BCUT2D eigenvalue weighted by Crippen LogP contribution is 2.41. The minimum atomic E-state index is -5.44. The second-order valence-electron chi connectivity index (χ2n) is 9.18. The summed E-state index contributed by atoms with van der Waals surface area (Å²) in [5.74, 6) is -9.26. The maximum atomic E-state index is 14.7. The molecule has 2 unspecified atom stereocenters. The van der Waals surface area contributed by atoms with E-state index in [0.717, 1.165) is 16.7 Å². The van der Waals surface area contributed by atoms with Gasteiger partial charge in [0.15, 0.2) is 0 Å². The molecular formula is C27H21F9O2. The van der Waals surface area contributed by atoms with Gasteiger partial charge in [-0.15, -0.1) is 0 Å². The number of hydrogen-bond acceptors (Lipinski definition) is 2. The summed E-state index contributed by atoms with van der Waals surface area (Å²) >= 11 is 0. The third-order valence-electron chi connectivity index (χ3n) is 6.55. The van der Waals surface area contributed by atoms with Gasteiger partial charge in [-0.2, -0.15) is 22.0 Å². The number of ether oxygens (including phenoxy) is 2. The smallest absolute Gasteiger partial charge is 0.429 e. The number of alkyl halides is 5. The molecule has 1 heterocycles. The molecule has 0 radical (unpaired) electrons. The van der Waals surface area contributed by atoms with Gasteiger partial charge in [0, 0.05) is 18.1 Å². The molecule has 1 aliphatic rings. The molecule has 4 rings (SSSR count). The predicted octanol–water partition coefficient (Wildman–Crippen LogP) is 8.64. The SMILES string of the molecule is Cc1ccc(C2CCC(c3cc(F)c(C(F)(F)Oc4cc(F)c(C(F)(F)F)c(F)c4)c(F)c3)OC2)cc1C. The lowest BCUT2D eigenvalue weighted by atomic mass is 9.88. The van der Waals surface area contributed by atoms with E-state index in [0.29, 0.717) is 25.0 Å². The van der Waals surface area contributed by atoms with Crippen LogP contribution >= 0.6 is 0 Å². The largest absolute Gasteiger partial charge is 0.432 e. The zero-order valence-corrected chi connectivity index (χ0v) is 20.0. The standard InChI is InChI=1S/C27H21F9O2/c1-13-3-4-15(7-14(13)2)16-5-6-23(37-12-16)17-8-19(28)25(20(29)9-17)27(35,36)38-18-10-21(30)24(22(31)11-18)26(32,33)34/h3-4,7-11,16,23H,5-6,12H2,1-2H3.